The maximum Gasteiger partial charge on any atom is 0.285 e. The zero-order valence-electron chi connectivity index (χ0n) is 11.2. The normalized spacial score (nSPS) is 14.2. The minimum Gasteiger partial charge on any atom is -0.278 e. The summed E-state index contributed by atoms with van der Waals surface area (Å²) in [6.07, 6.45) is 3.07. The molecule has 0 saturated heterocycles. The van der Waals surface area contributed by atoms with Crippen molar-refractivity contribution < 1.29 is 14.8 Å². The van der Waals surface area contributed by atoms with Crippen molar-refractivity contribution in [3.8, 4) is 0 Å². The lowest BCUT2D eigenvalue weighted by atomic mass is 9.90. The Morgan fingerprint density at radius 1 is 1.05 bits per heavy atom. The predicted molar refractivity (Wildman–Crippen MR) is 74.8 cm³/mol. The predicted octanol–water partition coefficient (Wildman–Crippen LogP) is 3.17. The summed E-state index contributed by atoms with van der Waals surface area (Å²) in [7, 11) is 0. The zero-order valence-corrected chi connectivity index (χ0v) is 11.2. The number of rotatable bonds is 3. The van der Waals surface area contributed by atoms with Gasteiger partial charge in [-0.1, -0.05) is 31.5 Å². The maximum atomic E-state index is 12.0. The van der Waals surface area contributed by atoms with Crippen LogP contribution in [0.3, 0.4) is 0 Å². The molecule has 0 saturated carbocycles. The summed E-state index contributed by atoms with van der Waals surface area (Å²) in [5, 5.41) is 11.4. The van der Waals surface area contributed by atoms with E-state index >= 15 is 0 Å². The van der Waals surface area contributed by atoms with E-state index in [1.54, 1.807) is 18.2 Å². The molecule has 3 rings (SSSR count). The van der Waals surface area contributed by atoms with Gasteiger partial charge < -0.3 is 0 Å². The van der Waals surface area contributed by atoms with Crippen molar-refractivity contribution in [3.05, 3.63) is 47.0 Å². The number of hydroxylamine groups is 2. The Bertz CT molecular complexity index is 699. The van der Waals surface area contributed by atoms with Crippen LogP contribution in [0, 0.1) is 0 Å². The smallest absolute Gasteiger partial charge is 0.278 e. The number of hydrogen-bond donors (Lipinski definition) is 1. The molecule has 1 aliphatic heterocycles. The molecular formula is C16H15NO3. The van der Waals surface area contributed by atoms with Gasteiger partial charge in [-0.2, -0.15) is 0 Å². The second kappa shape index (κ2) is 4.72. The number of nitrogens with zero attached hydrogens (tertiary/aromatic N) is 1. The molecule has 0 unspecified atom stereocenters. The molecule has 0 spiro atoms. The molecule has 1 heterocycles. The third-order valence-electron chi connectivity index (χ3n) is 3.78. The Labute approximate surface area is 116 Å². The molecule has 1 aliphatic rings. The highest BCUT2D eigenvalue weighted by Crippen LogP contribution is 2.32. The number of unbranched alkanes of at least 4 members (excludes halogenated alkanes) is 1. The van der Waals surface area contributed by atoms with Crippen molar-refractivity contribution in [1.29, 1.82) is 0 Å². The van der Waals surface area contributed by atoms with E-state index in [9.17, 15) is 14.8 Å². The molecule has 102 valence electrons. The van der Waals surface area contributed by atoms with Gasteiger partial charge in [-0.3, -0.25) is 14.8 Å². The summed E-state index contributed by atoms with van der Waals surface area (Å²) in [6.45, 7) is 2.13. The number of amides is 2. The highest BCUT2D eigenvalue weighted by atomic mass is 16.5. The minimum absolute atomic E-state index is 0.197. The van der Waals surface area contributed by atoms with Crippen molar-refractivity contribution in [2.45, 2.75) is 26.2 Å². The van der Waals surface area contributed by atoms with Gasteiger partial charge in [0, 0.05) is 5.39 Å². The van der Waals surface area contributed by atoms with Crippen LogP contribution in [0.1, 0.15) is 46.0 Å². The van der Waals surface area contributed by atoms with Crippen molar-refractivity contribution >= 4 is 22.6 Å². The number of benzene rings is 2. The van der Waals surface area contributed by atoms with Crippen LogP contribution in [-0.4, -0.2) is 22.1 Å². The van der Waals surface area contributed by atoms with Gasteiger partial charge in [0.05, 0.1) is 11.1 Å². The van der Waals surface area contributed by atoms with Crippen LogP contribution < -0.4 is 0 Å². The molecule has 2 amide bonds. The quantitative estimate of drug-likeness (QED) is 0.687. The van der Waals surface area contributed by atoms with Crippen LogP contribution >= 0.6 is 0 Å². The number of imide groups is 1. The monoisotopic (exact) mass is 269 g/mol. The van der Waals surface area contributed by atoms with Crippen LogP contribution in [0.25, 0.3) is 10.8 Å². The standard InChI is InChI=1S/C16H15NO3/c1-2-3-5-10-8-9-13-14-11(10)6-4-7-12(14)15(18)17(20)16(13)19/h4,6-9,20H,2-3,5H2,1H3. The fourth-order valence-corrected chi connectivity index (χ4v) is 2.73. The lowest BCUT2D eigenvalue weighted by Gasteiger charge is -2.22. The number of aryl methyl sites for hydroxylation is 1. The lowest BCUT2D eigenvalue weighted by molar-refractivity contribution is -0.0377. The van der Waals surface area contributed by atoms with Gasteiger partial charge in [0.2, 0.25) is 0 Å². The van der Waals surface area contributed by atoms with Crippen LogP contribution in [-0.2, 0) is 6.42 Å². The van der Waals surface area contributed by atoms with E-state index in [1.807, 2.05) is 12.1 Å². The first-order chi connectivity index (χ1) is 9.65. The Morgan fingerprint density at radius 3 is 2.45 bits per heavy atom. The number of carbonyl (C=O) groups excluding carboxylic acids is 2. The summed E-state index contributed by atoms with van der Waals surface area (Å²) in [4.78, 5) is 24.0. The van der Waals surface area contributed by atoms with Crippen molar-refractivity contribution in [3.63, 3.8) is 0 Å². The van der Waals surface area contributed by atoms with Gasteiger partial charge in [0.1, 0.15) is 0 Å². The van der Waals surface area contributed by atoms with E-state index in [0.717, 1.165) is 30.2 Å². The summed E-state index contributed by atoms with van der Waals surface area (Å²) in [5.74, 6) is -1.30. The molecule has 2 aromatic rings. The molecule has 1 N–H and O–H groups in total. The van der Waals surface area contributed by atoms with E-state index < -0.39 is 11.8 Å². The molecule has 0 atom stereocenters. The van der Waals surface area contributed by atoms with E-state index in [2.05, 4.69) is 6.92 Å². The largest absolute Gasteiger partial charge is 0.285 e. The first kappa shape index (κ1) is 12.8. The minimum atomic E-state index is -0.652. The van der Waals surface area contributed by atoms with Gasteiger partial charge in [0.15, 0.2) is 0 Å². The van der Waals surface area contributed by atoms with E-state index in [0.29, 0.717) is 16.5 Å². The van der Waals surface area contributed by atoms with Gasteiger partial charge in [-0.15, -0.1) is 5.06 Å². The third kappa shape index (κ3) is 1.72. The average Bonchev–Trinajstić information content (AvgIpc) is 2.48. The summed E-state index contributed by atoms with van der Waals surface area (Å²) in [5.41, 5.74) is 1.91. The number of hydrogen-bond acceptors (Lipinski definition) is 3. The van der Waals surface area contributed by atoms with Crippen molar-refractivity contribution in [2.24, 2.45) is 0 Å². The average molecular weight is 269 g/mol. The molecule has 0 radical (unpaired) electrons. The summed E-state index contributed by atoms with van der Waals surface area (Å²) in [6, 6.07) is 8.99. The molecule has 4 heteroatoms. The van der Waals surface area contributed by atoms with Crippen LogP contribution in [0.4, 0.5) is 0 Å². The Morgan fingerprint density at radius 2 is 1.75 bits per heavy atom. The second-order valence-electron chi connectivity index (χ2n) is 5.03. The van der Waals surface area contributed by atoms with Crippen LogP contribution in [0.2, 0.25) is 0 Å². The first-order valence-electron chi connectivity index (χ1n) is 6.77. The molecule has 2 aromatic carbocycles. The van der Waals surface area contributed by atoms with Gasteiger partial charge in [-0.25, -0.2) is 0 Å². The van der Waals surface area contributed by atoms with Crippen LogP contribution in [0.15, 0.2) is 30.3 Å². The SMILES string of the molecule is CCCCc1ccc2c3c(cccc13)C(=O)N(O)C2=O. The Hall–Kier alpha value is -2.20. The first-order valence-corrected chi connectivity index (χ1v) is 6.77. The highest BCUT2D eigenvalue weighted by Gasteiger charge is 2.32. The second-order valence-corrected chi connectivity index (χ2v) is 5.03. The fourth-order valence-electron chi connectivity index (χ4n) is 2.73. The molecule has 0 aromatic heterocycles. The molecule has 4 nitrogen and oxygen atoms in total. The topological polar surface area (TPSA) is 57.6 Å². The lowest BCUT2D eigenvalue weighted by Crippen LogP contribution is -2.37. The Balaban J connectivity index is 2.29. The van der Waals surface area contributed by atoms with E-state index in [-0.39, 0.29) is 5.06 Å². The molecule has 0 bridgehead atoms. The van der Waals surface area contributed by atoms with Crippen molar-refractivity contribution in [1.82, 2.24) is 5.06 Å². The van der Waals surface area contributed by atoms with Gasteiger partial charge >= 0.3 is 0 Å². The van der Waals surface area contributed by atoms with Gasteiger partial charge in [-0.05, 0) is 35.9 Å². The third-order valence-corrected chi connectivity index (χ3v) is 3.78. The van der Waals surface area contributed by atoms with Gasteiger partial charge in [0.25, 0.3) is 11.8 Å². The molecular weight excluding hydrogens is 254 g/mol. The molecule has 0 aliphatic carbocycles. The molecule has 20 heavy (non-hydrogen) atoms. The maximum absolute atomic E-state index is 12.0. The van der Waals surface area contributed by atoms with Crippen LogP contribution in [0.5, 0.6) is 0 Å². The fraction of sp³-hybridized carbons (Fsp3) is 0.250. The highest BCUT2D eigenvalue weighted by molar-refractivity contribution is 6.25. The summed E-state index contributed by atoms with van der Waals surface area (Å²) >= 11 is 0. The zero-order chi connectivity index (χ0) is 14.3. The Kier molecular flexibility index (Phi) is 3.03. The van der Waals surface area contributed by atoms with E-state index in [4.69, 9.17) is 0 Å². The summed E-state index contributed by atoms with van der Waals surface area (Å²) < 4.78 is 0. The molecule has 0 fully saturated rings. The van der Waals surface area contributed by atoms with Crippen molar-refractivity contribution in [2.75, 3.05) is 0 Å². The van der Waals surface area contributed by atoms with E-state index in [1.165, 1.54) is 0 Å². The number of carbonyl (C=O) groups is 2.